The van der Waals surface area contributed by atoms with E-state index in [1.807, 2.05) is 30.3 Å². The molecule has 0 aromatic heterocycles. The van der Waals surface area contributed by atoms with E-state index in [1.54, 1.807) is 30.3 Å². The minimum atomic E-state index is -0.861. The molecule has 5 heteroatoms. The van der Waals surface area contributed by atoms with E-state index >= 15 is 0 Å². The summed E-state index contributed by atoms with van der Waals surface area (Å²) in [5.74, 6) is 0.615. The van der Waals surface area contributed by atoms with Crippen LogP contribution in [0.15, 0.2) is 60.7 Å². The summed E-state index contributed by atoms with van der Waals surface area (Å²) in [6, 6.07) is 17.4. The van der Waals surface area contributed by atoms with E-state index in [0.29, 0.717) is 15.8 Å². The summed E-state index contributed by atoms with van der Waals surface area (Å²) in [4.78, 5) is 11.9. The molecule has 0 spiro atoms. The summed E-state index contributed by atoms with van der Waals surface area (Å²) in [5.41, 5.74) is 0. The molecule has 0 saturated heterocycles. The lowest BCUT2D eigenvalue weighted by Crippen LogP contribution is -2.14. The van der Waals surface area contributed by atoms with E-state index in [9.17, 15) is 4.79 Å². The van der Waals surface area contributed by atoms with Gasteiger partial charge in [0.25, 0.3) is 0 Å². The zero-order valence-corrected chi connectivity index (χ0v) is 12.8. The average Bonchev–Trinajstić information content (AvgIpc) is 2.52. The highest BCUT2D eigenvalue weighted by atomic mass is 35.5. The molecule has 3 aromatic carbocycles. The molecule has 0 radical (unpaired) electrons. The molecule has 0 fully saturated rings. The second-order valence-electron chi connectivity index (χ2n) is 4.51. The molecule has 0 N–H and O–H groups in total. The van der Waals surface area contributed by atoms with Gasteiger partial charge in [0.15, 0.2) is 5.75 Å². The van der Waals surface area contributed by atoms with Crippen LogP contribution in [-0.4, -0.2) is 6.16 Å². The van der Waals surface area contributed by atoms with Crippen molar-refractivity contribution in [3.8, 4) is 11.5 Å². The van der Waals surface area contributed by atoms with Crippen molar-refractivity contribution >= 4 is 40.1 Å². The van der Waals surface area contributed by atoms with Crippen LogP contribution >= 0.6 is 23.2 Å². The Morgan fingerprint density at radius 3 is 2.32 bits per heavy atom. The van der Waals surface area contributed by atoms with Gasteiger partial charge in [-0.3, -0.25) is 0 Å². The zero-order chi connectivity index (χ0) is 15.5. The van der Waals surface area contributed by atoms with Crippen LogP contribution in [0.4, 0.5) is 4.79 Å². The van der Waals surface area contributed by atoms with Crippen molar-refractivity contribution in [1.82, 2.24) is 0 Å². The predicted molar refractivity (Wildman–Crippen MR) is 87.1 cm³/mol. The SMILES string of the molecule is O=C(Oc1ccc(Cl)cc1)Oc1c(Cl)ccc2ccccc12. The maximum atomic E-state index is 11.9. The van der Waals surface area contributed by atoms with Gasteiger partial charge in [0.1, 0.15) is 5.75 Å². The molecular weight excluding hydrogens is 323 g/mol. The molecule has 0 aliphatic heterocycles. The molecule has 0 amide bonds. The van der Waals surface area contributed by atoms with Crippen LogP contribution < -0.4 is 9.47 Å². The number of halogens is 2. The minimum absolute atomic E-state index is 0.277. The van der Waals surface area contributed by atoms with Crippen molar-refractivity contribution in [1.29, 1.82) is 0 Å². The Balaban J connectivity index is 1.85. The summed E-state index contributed by atoms with van der Waals surface area (Å²) in [6.07, 6.45) is -0.861. The van der Waals surface area contributed by atoms with Gasteiger partial charge < -0.3 is 9.47 Å². The minimum Gasteiger partial charge on any atom is -0.395 e. The normalized spacial score (nSPS) is 10.5. The summed E-state index contributed by atoms with van der Waals surface area (Å²) in [5, 5.41) is 2.55. The second kappa shape index (κ2) is 6.26. The fourth-order valence-corrected chi connectivity index (χ4v) is 2.35. The monoisotopic (exact) mass is 332 g/mol. The van der Waals surface area contributed by atoms with Crippen molar-refractivity contribution in [2.45, 2.75) is 0 Å². The summed E-state index contributed by atoms with van der Waals surface area (Å²) >= 11 is 11.9. The molecule has 3 nitrogen and oxygen atoms in total. The molecular formula is C17H10Cl2O3. The lowest BCUT2D eigenvalue weighted by Gasteiger charge is -2.10. The average molecular weight is 333 g/mol. The Labute approximate surface area is 137 Å². The molecule has 110 valence electrons. The third-order valence-corrected chi connectivity index (χ3v) is 3.58. The molecule has 0 aliphatic rings. The van der Waals surface area contributed by atoms with E-state index in [-0.39, 0.29) is 5.75 Å². The standard InChI is InChI=1S/C17H10Cl2O3/c18-12-6-8-13(9-7-12)21-17(20)22-16-14-4-2-1-3-11(14)5-10-15(16)19/h1-10H. The molecule has 0 saturated carbocycles. The van der Waals surface area contributed by atoms with E-state index in [0.717, 1.165) is 10.8 Å². The van der Waals surface area contributed by atoms with E-state index in [1.165, 1.54) is 0 Å². The highest BCUT2D eigenvalue weighted by Gasteiger charge is 2.14. The largest absolute Gasteiger partial charge is 0.519 e. The first-order valence-electron chi connectivity index (χ1n) is 6.46. The van der Waals surface area contributed by atoms with Crippen molar-refractivity contribution in [2.24, 2.45) is 0 Å². The number of hydrogen-bond donors (Lipinski definition) is 0. The molecule has 0 unspecified atom stereocenters. The quantitative estimate of drug-likeness (QED) is 0.444. The van der Waals surface area contributed by atoms with Crippen LogP contribution in [-0.2, 0) is 0 Å². The number of hydrogen-bond acceptors (Lipinski definition) is 3. The van der Waals surface area contributed by atoms with Gasteiger partial charge in [-0.25, -0.2) is 4.79 Å². The lowest BCUT2D eigenvalue weighted by molar-refractivity contribution is 0.152. The van der Waals surface area contributed by atoms with Gasteiger partial charge in [-0.05, 0) is 35.7 Å². The smallest absolute Gasteiger partial charge is 0.395 e. The first-order valence-corrected chi connectivity index (χ1v) is 7.21. The second-order valence-corrected chi connectivity index (χ2v) is 5.35. The lowest BCUT2D eigenvalue weighted by atomic mass is 10.1. The fourth-order valence-electron chi connectivity index (χ4n) is 2.02. The Morgan fingerprint density at radius 2 is 1.55 bits per heavy atom. The van der Waals surface area contributed by atoms with Gasteiger partial charge >= 0.3 is 6.16 Å². The third kappa shape index (κ3) is 3.16. The van der Waals surface area contributed by atoms with E-state index in [4.69, 9.17) is 32.7 Å². The van der Waals surface area contributed by atoms with Gasteiger partial charge in [-0.1, -0.05) is 53.5 Å². The Morgan fingerprint density at radius 1 is 0.818 bits per heavy atom. The molecule has 0 atom stereocenters. The number of benzene rings is 3. The molecule has 3 aromatic rings. The summed E-state index contributed by atoms with van der Waals surface area (Å²) in [6.45, 7) is 0. The third-order valence-electron chi connectivity index (χ3n) is 3.03. The fraction of sp³-hybridized carbons (Fsp3) is 0. The van der Waals surface area contributed by atoms with Crippen LogP contribution in [0.25, 0.3) is 10.8 Å². The zero-order valence-electron chi connectivity index (χ0n) is 11.3. The highest BCUT2D eigenvalue weighted by Crippen LogP contribution is 2.33. The van der Waals surface area contributed by atoms with Gasteiger partial charge in [-0.15, -0.1) is 0 Å². The Bertz CT molecular complexity index is 829. The topological polar surface area (TPSA) is 35.5 Å². The van der Waals surface area contributed by atoms with E-state index < -0.39 is 6.16 Å². The first kappa shape index (κ1) is 14.7. The maximum Gasteiger partial charge on any atom is 0.519 e. The highest BCUT2D eigenvalue weighted by molar-refractivity contribution is 6.33. The van der Waals surface area contributed by atoms with Gasteiger partial charge in [-0.2, -0.15) is 0 Å². The van der Waals surface area contributed by atoms with Crippen molar-refractivity contribution in [3.63, 3.8) is 0 Å². The molecule has 0 aliphatic carbocycles. The number of rotatable bonds is 2. The number of ether oxygens (including phenoxy) is 2. The van der Waals surface area contributed by atoms with Crippen LogP contribution in [0.2, 0.25) is 10.0 Å². The maximum absolute atomic E-state index is 11.9. The number of fused-ring (bicyclic) bond motifs is 1. The number of carbonyl (C=O) groups excluding carboxylic acids is 1. The van der Waals surface area contributed by atoms with Gasteiger partial charge in [0.05, 0.1) is 5.02 Å². The van der Waals surface area contributed by atoms with Crippen LogP contribution in [0.3, 0.4) is 0 Å². The number of carbonyl (C=O) groups is 1. The van der Waals surface area contributed by atoms with E-state index in [2.05, 4.69) is 0 Å². The predicted octanol–water partition coefficient (Wildman–Crippen LogP) is 5.72. The Kier molecular flexibility index (Phi) is 4.18. The van der Waals surface area contributed by atoms with Crippen LogP contribution in [0.1, 0.15) is 0 Å². The van der Waals surface area contributed by atoms with Gasteiger partial charge in [0.2, 0.25) is 0 Å². The first-order chi connectivity index (χ1) is 10.6. The van der Waals surface area contributed by atoms with Gasteiger partial charge in [0, 0.05) is 10.4 Å². The Hall–Kier alpha value is -2.23. The van der Waals surface area contributed by atoms with Crippen LogP contribution in [0, 0.1) is 0 Å². The summed E-state index contributed by atoms with van der Waals surface area (Å²) in [7, 11) is 0. The molecule has 3 rings (SSSR count). The molecule has 22 heavy (non-hydrogen) atoms. The van der Waals surface area contributed by atoms with Crippen molar-refractivity contribution < 1.29 is 14.3 Å². The van der Waals surface area contributed by atoms with Crippen LogP contribution in [0.5, 0.6) is 11.5 Å². The molecule has 0 heterocycles. The molecule has 0 bridgehead atoms. The summed E-state index contributed by atoms with van der Waals surface area (Å²) < 4.78 is 10.4. The van der Waals surface area contributed by atoms with Crippen molar-refractivity contribution in [3.05, 3.63) is 70.7 Å². The van der Waals surface area contributed by atoms with Crippen molar-refractivity contribution in [2.75, 3.05) is 0 Å².